The second kappa shape index (κ2) is 5.69. The molecular weight excluding hydrogens is 351 g/mol. The first-order chi connectivity index (χ1) is 11.6. The molecule has 0 heterocycles. The van der Waals surface area contributed by atoms with Crippen LogP contribution in [0.2, 0.25) is 0 Å². The molecule has 0 aliphatic heterocycles. The fraction of sp³-hybridized carbons (Fsp3) is 0.500. The molecule has 25 heavy (non-hydrogen) atoms. The minimum atomic E-state index is -3.69. The van der Waals surface area contributed by atoms with Gasteiger partial charge in [0.25, 0.3) is 0 Å². The van der Waals surface area contributed by atoms with E-state index >= 15 is 0 Å². The van der Waals surface area contributed by atoms with E-state index in [2.05, 4.69) is 5.32 Å². The Balaban J connectivity index is 1.78. The van der Waals surface area contributed by atoms with Gasteiger partial charge < -0.3 is 10.4 Å². The van der Waals surface area contributed by atoms with Crippen molar-refractivity contribution in [2.45, 2.75) is 32.1 Å². The number of hydrogen-bond donors (Lipinski definition) is 3. The van der Waals surface area contributed by atoms with E-state index in [1.165, 1.54) is 6.07 Å². The number of anilines is 2. The van der Waals surface area contributed by atoms with E-state index in [9.17, 15) is 27.5 Å². The largest absolute Gasteiger partial charge is 0.480 e. The molecule has 0 radical (unpaired) electrons. The minimum absolute atomic E-state index is 0.0263. The predicted molar refractivity (Wildman–Crippen MR) is 89.1 cm³/mol. The Hall–Kier alpha value is -2.16. The van der Waals surface area contributed by atoms with Crippen molar-refractivity contribution in [2.24, 2.45) is 10.8 Å². The van der Waals surface area contributed by atoms with Crippen LogP contribution < -0.4 is 10.0 Å². The number of nitrogens with one attached hydrogen (secondary N) is 2. The summed E-state index contributed by atoms with van der Waals surface area (Å²) in [5.41, 5.74) is -1.68. The Morgan fingerprint density at radius 2 is 1.88 bits per heavy atom. The van der Waals surface area contributed by atoms with Crippen molar-refractivity contribution >= 4 is 33.3 Å². The molecule has 0 aromatic heterocycles. The van der Waals surface area contributed by atoms with E-state index in [-0.39, 0.29) is 16.8 Å². The summed E-state index contributed by atoms with van der Waals surface area (Å²) in [6, 6.07) is 3.39. The standard InChI is InChI=1S/C16H19FN2O5S/c1-25(23,24)19-12-7-10(3-4-11(12)17)18-13(20)16(14(21)22)8-15(9-16)5-2-6-15/h3-4,7,19H,2,5-6,8-9H2,1H3,(H,18,20)(H,21,22). The highest BCUT2D eigenvalue weighted by atomic mass is 32.2. The highest BCUT2D eigenvalue weighted by molar-refractivity contribution is 7.92. The zero-order chi connectivity index (χ0) is 18.5. The Bertz CT molecular complexity index is 840. The molecule has 0 saturated heterocycles. The number of carbonyl (C=O) groups excluding carboxylic acids is 1. The molecule has 1 amide bonds. The molecule has 2 aliphatic rings. The predicted octanol–water partition coefficient (Wildman–Crippen LogP) is 2.17. The third kappa shape index (κ3) is 3.20. The van der Waals surface area contributed by atoms with Gasteiger partial charge in [-0.25, -0.2) is 12.8 Å². The van der Waals surface area contributed by atoms with E-state index < -0.39 is 33.1 Å². The highest BCUT2D eigenvalue weighted by Crippen LogP contribution is 2.64. The quantitative estimate of drug-likeness (QED) is 0.688. The first-order valence-corrected chi connectivity index (χ1v) is 9.77. The van der Waals surface area contributed by atoms with Crippen LogP contribution in [0.15, 0.2) is 18.2 Å². The van der Waals surface area contributed by atoms with Crippen LogP contribution in [0.1, 0.15) is 32.1 Å². The molecule has 0 bridgehead atoms. The first-order valence-electron chi connectivity index (χ1n) is 7.88. The smallest absolute Gasteiger partial charge is 0.319 e. The van der Waals surface area contributed by atoms with Gasteiger partial charge in [0.15, 0.2) is 0 Å². The topological polar surface area (TPSA) is 113 Å². The number of benzene rings is 1. The van der Waals surface area contributed by atoms with E-state index in [0.717, 1.165) is 37.7 Å². The third-order valence-electron chi connectivity index (χ3n) is 5.13. The molecule has 136 valence electrons. The van der Waals surface area contributed by atoms with E-state index in [0.29, 0.717) is 12.8 Å². The lowest BCUT2D eigenvalue weighted by Crippen LogP contribution is -2.59. The summed E-state index contributed by atoms with van der Waals surface area (Å²) in [4.78, 5) is 24.2. The number of sulfonamides is 1. The highest BCUT2D eigenvalue weighted by Gasteiger charge is 2.65. The molecule has 1 aromatic carbocycles. The van der Waals surface area contributed by atoms with Gasteiger partial charge in [-0.15, -0.1) is 0 Å². The molecule has 2 fully saturated rings. The molecule has 0 unspecified atom stereocenters. The van der Waals surface area contributed by atoms with Gasteiger partial charge >= 0.3 is 5.97 Å². The second-order valence-corrected chi connectivity index (χ2v) is 8.87. The Morgan fingerprint density at radius 1 is 1.24 bits per heavy atom. The number of halogens is 1. The lowest BCUT2D eigenvalue weighted by Gasteiger charge is -2.58. The Labute approximate surface area is 144 Å². The minimum Gasteiger partial charge on any atom is -0.480 e. The van der Waals surface area contributed by atoms with Crippen LogP contribution in [0.4, 0.5) is 15.8 Å². The summed E-state index contributed by atoms with van der Waals surface area (Å²) in [5, 5.41) is 12.0. The van der Waals surface area contributed by atoms with Crippen LogP contribution in [-0.4, -0.2) is 31.7 Å². The summed E-state index contributed by atoms with van der Waals surface area (Å²) in [5.74, 6) is -2.62. The maximum Gasteiger partial charge on any atom is 0.319 e. The third-order valence-corrected chi connectivity index (χ3v) is 5.72. The van der Waals surface area contributed by atoms with Gasteiger partial charge in [0.1, 0.15) is 11.2 Å². The SMILES string of the molecule is CS(=O)(=O)Nc1cc(NC(=O)C2(C(=O)O)CC3(CCC3)C2)ccc1F. The van der Waals surface area contributed by atoms with Crippen LogP contribution in [0, 0.1) is 16.6 Å². The van der Waals surface area contributed by atoms with E-state index in [1.807, 2.05) is 4.72 Å². The van der Waals surface area contributed by atoms with Crippen LogP contribution in [-0.2, 0) is 19.6 Å². The maximum atomic E-state index is 13.7. The molecular formula is C16H19FN2O5S. The van der Waals surface area contributed by atoms with Gasteiger partial charge in [-0.1, -0.05) is 6.42 Å². The zero-order valence-corrected chi connectivity index (χ0v) is 14.5. The first kappa shape index (κ1) is 17.7. The summed E-state index contributed by atoms with van der Waals surface area (Å²) >= 11 is 0. The van der Waals surface area contributed by atoms with Crippen molar-refractivity contribution < 1.29 is 27.5 Å². The average Bonchev–Trinajstić information content (AvgIpc) is 2.38. The molecule has 2 saturated carbocycles. The Kier molecular flexibility index (Phi) is 4.02. The van der Waals surface area contributed by atoms with Crippen LogP contribution in [0.25, 0.3) is 0 Å². The van der Waals surface area contributed by atoms with E-state index in [4.69, 9.17) is 0 Å². The van der Waals surface area contributed by atoms with Gasteiger partial charge in [-0.05, 0) is 49.3 Å². The van der Waals surface area contributed by atoms with Gasteiger partial charge in [-0.2, -0.15) is 0 Å². The van der Waals surface area contributed by atoms with Crippen molar-refractivity contribution in [2.75, 3.05) is 16.3 Å². The number of carboxylic acid groups (broad SMARTS) is 1. The summed E-state index contributed by atoms with van der Waals surface area (Å²) < 4.78 is 38.2. The van der Waals surface area contributed by atoms with Crippen LogP contribution >= 0.6 is 0 Å². The summed E-state index contributed by atoms with van der Waals surface area (Å²) in [6.07, 6.45) is 4.41. The fourth-order valence-corrected chi connectivity index (χ4v) is 4.36. The molecule has 9 heteroatoms. The number of carboxylic acids is 1. The summed E-state index contributed by atoms with van der Waals surface area (Å²) in [7, 11) is -3.69. The molecule has 7 nitrogen and oxygen atoms in total. The molecule has 3 N–H and O–H groups in total. The van der Waals surface area contributed by atoms with Crippen molar-refractivity contribution in [3.05, 3.63) is 24.0 Å². The van der Waals surface area contributed by atoms with Crippen LogP contribution in [0.3, 0.4) is 0 Å². The second-order valence-electron chi connectivity index (χ2n) is 7.12. The lowest BCUT2D eigenvalue weighted by atomic mass is 9.45. The molecule has 0 atom stereocenters. The maximum absolute atomic E-state index is 13.7. The molecule has 1 aromatic rings. The Morgan fingerprint density at radius 3 is 2.36 bits per heavy atom. The number of amides is 1. The zero-order valence-electron chi connectivity index (χ0n) is 13.6. The number of hydrogen-bond acceptors (Lipinski definition) is 4. The van der Waals surface area contributed by atoms with Crippen molar-refractivity contribution in [1.29, 1.82) is 0 Å². The van der Waals surface area contributed by atoms with Gasteiger partial charge in [0.2, 0.25) is 15.9 Å². The molecule has 1 spiro atoms. The average molecular weight is 370 g/mol. The van der Waals surface area contributed by atoms with Crippen molar-refractivity contribution in [3.8, 4) is 0 Å². The van der Waals surface area contributed by atoms with Crippen molar-refractivity contribution in [3.63, 3.8) is 0 Å². The van der Waals surface area contributed by atoms with Gasteiger partial charge in [0.05, 0.1) is 11.9 Å². The number of carbonyl (C=O) groups is 2. The van der Waals surface area contributed by atoms with Crippen molar-refractivity contribution in [1.82, 2.24) is 0 Å². The lowest BCUT2D eigenvalue weighted by molar-refractivity contribution is -0.178. The molecule has 3 rings (SSSR count). The fourth-order valence-electron chi connectivity index (χ4n) is 3.80. The van der Waals surface area contributed by atoms with Gasteiger partial charge in [0, 0.05) is 5.69 Å². The summed E-state index contributed by atoms with van der Waals surface area (Å²) in [6.45, 7) is 0. The normalized spacial score (nSPS) is 20.2. The number of aliphatic carboxylic acids is 1. The van der Waals surface area contributed by atoms with Crippen LogP contribution in [0.5, 0.6) is 0 Å². The van der Waals surface area contributed by atoms with E-state index in [1.54, 1.807) is 0 Å². The van der Waals surface area contributed by atoms with Gasteiger partial charge in [-0.3, -0.25) is 14.3 Å². The molecule has 2 aliphatic carbocycles. The monoisotopic (exact) mass is 370 g/mol. The number of rotatable bonds is 5.